The lowest BCUT2D eigenvalue weighted by atomic mass is 9.86. The van der Waals surface area contributed by atoms with Gasteiger partial charge in [-0.2, -0.15) is 52.7 Å². The molecule has 6 N–H and O–H groups in total. The number of benzene rings is 4. The number of pyridine rings is 8. The second-order valence-electron chi connectivity index (χ2n) is 32.8. The van der Waals surface area contributed by atoms with Crippen LogP contribution in [0.1, 0.15) is 213 Å². The molecule has 4 amide bonds. The first-order valence-electron chi connectivity index (χ1n) is 40.6. The number of hydrogen-bond acceptors (Lipinski definition) is 22. The molecular formula is C96H86F15N13O13. The molecule has 0 aliphatic rings. The molecule has 12 aromatic rings. The van der Waals surface area contributed by atoms with E-state index in [1.807, 2.05) is 62.3 Å². The molecule has 12 rings (SSSR count). The number of alkyl halides is 15. The molecule has 0 bridgehead atoms. The molecular weight excluding hydrogens is 1830 g/mol. The number of methoxy groups -OCH3 is 1. The van der Waals surface area contributed by atoms with E-state index in [9.17, 15) is 99.4 Å². The van der Waals surface area contributed by atoms with Crippen molar-refractivity contribution in [2.45, 2.75) is 144 Å². The molecule has 0 unspecified atom stereocenters. The van der Waals surface area contributed by atoms with Crippen LogP contribution in [-0.4, -0.2) is 94.3 Å². The Morgan fingerprint density at radius 2 is 0.818 bits per heavy atom. The zero-order chi connectivity index (χ0) is 101. The number of amides is 4. The lowest BCUT2D eigenvalue weighted by Gasteiger charge is -2.21. The number of halogens is 15. The number of rotatable bonds is 23. The van der Waals surface area contributed by atoms with E-state index < -0.39 is 94.5 Å². The summed E-state index contributed by atoms with van der Waals surface area (Å²) in [6.07, 6.45) is -15.6. The van der Waals surface area contributed by atoms with Gasteiger partial charge in [-0.3, -0.25) is 43.5 Å². The second-order valence-corrected chi connectivity index (χ2v) is 32.8. The van der Waals surface area contributed by atoms with E-state index in [-0.39, 0.29) is 131 Å². The van der Waals surface area contributed by atoms with E-state index in [0.717, 1.165) is 97.0 Å². The number of nitrogens with two attached hydrogens (primary N) is 1. The van der Waals surface area contributed by atoms with Crippen molar-refractivity contribution in [3.8, 4) is 57.5 Å². The first-order chi connectivity index (χ1) is 63.7. The minimum atomic E-state index is -5.00. The average molecular weight is 1910 g/mol. The van der Waals surface area contributed by atoms with Crippen molar-refractivity contribution >= 4 is 69.7 Å². The highest BCUT2D eigenvalue weighted by Gasteiger charge is 2.38. The number of ketones is 3. The highest BCUT2D eigenvalue weighted by atomic mass is 19.4. The molecule has 0 fully saturated rings. The van der Waals surface area contributed by atoms with Gasteiger partial charge in [0.15, 0.2) is 28.8 Å². The van der Waals surface area contributed by atoms with Crippen molar-refractivity contribution in [2.24, 2.45) is 5.73 Å². The topological polar surface area (TPSA) is 352 Å². The summed E-state index contributed by atoms with van der Waals surface area (Å²) in [4.78, 5) is 117. The average Bonchev–Trinajstić information content (AvgIpc) is 0.761. The van der Waals surface area contributed by atoms with Crippen molar-refractivity contribution in [1.82, 2.24) is 39.9 Å². The van der Waals surface area contributed by atoms with Crippen LogP contribution in [0.25, 0.3) is 5.70 Å². The predicted molar refractivity (Wildman–Crippen MR) is 474 cm³/mol. The third kappa shape index (κ3) is 30.1. The van der Waals surface area contributed by atoms with E-state index in [2.05, 4.69) is 72.5 Å². The molecule has 0 aliphatic heterocycles. The van der Waals surface area contributed by atoms with Gasteiger partial charge in [0.1, 0.15) is 97.4 Å². The first-order valence-corrected chi connectivity index (χ1v) is 40.6. The fourth-order valence-corrected chi connectivity index (χ4v) is 11.8. The summed E-state index contributed by atoms with van der Waals surface area (Å²) >= 11 is 0. The van der Waals surface area contributed by atoms with Gasteiger partial charge >= 0.3 is 31.1 Å². The van der Waals surface area contributed by atoms with Crippen molar-refractivity contribution in [1.29, 1.82) is 0 Å². The summed E-state index contributed by atoms with van der Waals surface area (Å²) in [5.74, 6) is -4.25. The number of ether oxygens (including phenoxy) is 6. The fraction of sp³-hybridized carbons (Fsp3) is 0.240. The van der Waals surface area contributed by atoms with Gasteiger partial charge in [-0.15, -0.1) is 13.2 Å². The van der Waals surface area contributed by atoms with Crippen LogP contribution in [0.5, 0.6) is 57.5 Å². The summed E-state index contributed by atoms with van der Waals surface area (Å²) in [6, 6.07) is 36.0. The number of carbonyl (C=O) groups is 7. The maximum atomic E-state index is 13.3. The molecule has 41 heteroatoms. The third-order valence-electron chi connectivity index (χ3n) is 19.0. The number of anilines is 4. The van der Waals surface area contributed by atoms with Crippen LogP contribution >= 0.6 is 0 Å². The summed E-state index contributed by atoms with van der Waals surface area (Å²) in [6.45, 7) is 27.4. The van der Waals surface area contributed by atoms with Crippen LogP contribution in [0.4, 0.5) is 88.9 Å². The smallest absolute Gasteiger partial charge is 0.493 e. The number of aryl methyl sites for hydroxylation is 1. The molecule has 0 atom stereocenters. The number of Topliss-reactive ketones (excluding diaryl/α,β-unsaturated/α-hetero) is 3. The van der Waals surface area contributed by atoms with Crippen LogP contribution in [0, 0.1) is 6.92 Å². The predicted octanol–water partition coefficient (Wildman–Crippen LogP) is 24.2. The van der Waals surface area contributed by atoms with Crippen LogP contribution in [0.15, 0.2) is 214 Å². The summed E-state index contributed by atoms with van der Waals surface area (Å²) in [7, 11) is 1.09. The number of carbonyl (C=O) groups excluding carboxylic acids is 7. The highest BCUT2D eigenvalue weighted by Crippen LogP contribution is 2.43. The van der Waals surface area contributed by atoms with Gasteiger partial charge in [0.05, 0.1) is 54.3 Å². The maximum absolute atomic E-state index is 13.3. The second kappa shape index (κ2) is 43.1. The van der Waals surface area contributed by atoms with Crippen molar-refractivity contribution in [3.63, 3.8) is 0 Å². The number of aromatic nitrogens is 8. The van der Waals surface area contributed by atoms with E-state index >= 15 is 0 Å². The van der Waals surface area contributed by atoms with Gasteiger partial charge in [-0.1, -0.05) is 100 Å². The molecule has 0 saturated heterocycles. The Labute approximate surface area is 773 Å². The van der Waals surface area contributed by atoms with Crippen molar-refractivity contribution in [3.05, 3.63) is 304 Å². The normalized spacial score (nSPS) is 11.7. The van der Waals surface area contributed by atoms with Crippen LogP contribution in [0.3, 0.4) is 0 Å². The van der Waals surface area contributed by atoms with Gasteiger partial charge in [-0.05, 0) is 174 Å². The summed E-state index contributed by atoms with van der Waals surface area (Å²) in [5.41, 5.74) is 5.38. The van der Waals surface area contributed by atoms with E-state index in [1.165, 1.54) is 68.8 Å². The molecule has 26 nitrogen and oxygen atoms in total. The Hall–Kier alpha value is -15.7. The number of hydrogen-bond donors (Lipinski definition) is 5. The Kier molecular flexibility index (Phi) is 33.0. The van der Waals surface area contributed by atoms with Gasteiger partial charge in [0.2, 0.25) is 0 Å². The van der Waals surface area contributed by atoms with Crippen LogP contribution in [-0.2, 0) is 41.0 Å². The molecule has 4 aromatic carbocycles. The Morgan fingerprint density at radius 1 is 0.380 bits per heavy atom. The lowest BCUT2D eigenvalue weighted by molar-refractivity contribution is -0.274. The quantitative estimate of drug-likeness (QED) is 0.0293. The van der Waals surface area contributed by atoms with E-state index in [4.69, 9.17) is 29.4 Å². The van der Waals surface area contributed by atoms with Crippen molar-refractivity contribution < 1.29 is 128 Å². The molecule has 8 aromatic heterocycles. The molecule has 0 spiro atoms. The highest BCUT2D eigenvalue weighted by molar-refractivity contribution is 6.09. The first kappa shape index (κ1) is 105. The van der Waals surface area contributed by atoms with E-state index in [1.54, 1.807) is 80.6 Å². The monoisotopic (exact) mass is 1910 g/mol. The maximum Gasteiger partial charge on any atom is 0.573 e. The molecule has 8 heterocycles. The fourth-order valence-electron chi connectivity index (χ4n) is 11.8. The van der Waals surface area contributed by atoms with Gasteiger partial charge in [0.25, 0.3) is 23.6 Å². The van der Waals surface area contributed by atoms with Crippen LogP contribution in [0.2, 0.25) is 0 Å². The molecule has 718 valence electrons. The molecule has 0 radical (unpaired) electrons. The molecule has 0 aliphatic carbocycles. The van der Waals surface area contributed by atoms with Gasteiger partial charge < -0.3 is 55.4 Å². The van der Waals surface area contributed by atoms with Crippen LogP contribution < -0.4 is 55.4 Å². The SMILES string of the molecule is C=C(N)c1cncc(NC(=O)c2ccc(C(C)(C)C)cc2Oc2ccc(C(F)(F)F)nc2)c1.CC(=O)c1cccc(NC(=O)c2ccc(C(C)(C)C)cc2Oc2ccc(C(F)(F)F)nc2)n1.CC(=O)c1ccnc(NC(=O)c2ccc(C(C)(C)C)cc2Oc2ccc(C(F)(F)F)nc2)c1.CCC(=O)c1cc(NC(=O)c2cnc(C(F)(F)F)cc2Oc2ccc(OC(F)(F)F)cc2OC)cc(C)n1. The van der Waals surface area contributed by atoms with Crippen molar-refractivity contribution in [2.75, 3.05) is 28.4 Å². The minimum absolute atomic E-state index is 0.0415. The Morgan fingerprint density at radius 3 is 1.23 bits per heavy atom. The number of nitrogens with one attached hydrogen (secondary N) is 4. The number of nitrogens with zero attached hydrogens (tertiary/aromatic N) is 8. The Bertz CT molecular complexity index is 6010. The molecule has 137 heavy (non-hydrogen) atoms. The summed E-state index contributed by atoms with van der Waals surface area (Å²) < 4.78 is 224. The Balaban J connectivity index is 0.000000205. The zero-order valence-corrected chi connectivity index (χ0v) is 75.2. The minimum Gasteiger partial charge on any atom is -0.493 e. The molecule has 0 saturated carbocycles. The third-order valence-corrected chi connectivity index (χ3v) is 19.0. The standard InChI is InChI=1S/C24H19F6N3O5.C24H23F3N4O2.2C24H22F3N3O3/c1-4-17(34)16-8-13(7-12(2)32-16)33-22(35)15-11-31-21(23(25,26)27)10-19(15)37-18-6-5-14(9-20(18)36-3)38-24(28,29)30;1-14(28)15-9-17(12-29-11-15)31-22(32)19-7-5-16(23(2,3)4)10-20(19)33-18-6-8-21(30-13-18)24(25,26)27;1-14(31)15-9-10-28-21(11-15)30-22(32)18-7-5-16(23(2,3)4)12-19(18)33-17-6-8-20(29-13-17)24(25,26)27;1-14(31)18-6-5-7-21(29-18)30-22(32)17-10-8-15(23(2,3)4)12-19(17)33-16-9-11-20(28-13-16)24(25,26)27/h5-11H,4H2,1-3H3,(H,32,33,35);5-13H,1,28H2,2-4H3,(H,31,32);5-13H,1-4H3,(H,28,30,32);5-13H,1-4H3,(H,29,30,32). The van der Waals surface area contributed by atoms with Gasteiger partial charge in [-0.25, -0.2) is 29.9 Å². The van der Waals surface area contributed by atoms with E-state index in [0.29, 0.717) is 40.5 Å². The zero-order valence-electron chi connectivity index (χ0n) is 75.2. The van der Waals surface area contributed by atoms with Gasteiger partial charge in [0, 0.05) is 72.3 Å². The summed E-state index contributed by atoms with van der Waals surface area (Å²) in [5, 5.41) is 10.4. The lowest BCUT2D eigenvalue weighted by Crippen LogP contribution is -2.17. The largest absolute Gasteiger partial charge is 0.573 e.